The van der Waals surface area contributed by atoms with E-state index in [0.717, 1.165) is 6.07 Å². The third-order valence-corrected chi connectivity index (χ3v) is 3.42. The van der Waals surface area contributed by atoms with Crippen molar-refractivity contribution >= 4 is 34.5 Å². The van der Waals surface area contributed by atoms with Gasteiger partial charge in [0.2, 0.25) is 0 Å². The van der Waals surface area contributed by atoms with Gasteiger partial charge in [-0.15, -0.1) is 0 Å². The Labute approximate surface area is 114 Å². The molecule has 106 valence electrons. The summed E-state index contributed by atoms with van der Waals surface area (Å²) < 4.78 is 38.3. The summed E-state index contributed by atoms with van der Waals surface area (Å²) in [5.41, 5.74) is -1.21. The lowest BCUT2D eigenvalue weighted by Gasteiger charge is -2.13. The number of carboxylic acid groups (broad SMARTS) is 1. The number of amides is 1. The predicted octanol–water partition coefficient (Wildman–Crippen LogP) is 2.20. The maximum Gasteiger partial charge on any atom is 0.418 e. The van der Waals surface area contributed by atoms with Gasteiger partial charge in [-0.2, -0.15) is 18.2 Å². The van der Waals surface area contributed by atoms with Gasteiger partial charge >= 0.3 is 12.1 Å². The van der Waals surface area contributed by atoms with Gasteiger partial charge in [0.25, 0.3) is 5.91 Å². The molecule has 0 spiro atoms. The van der Waals surface area contributed by atoms with Crippen LogP contribution in [-0.2, 0) is 15.8 Å². The number of alkyl halides is 3. The molecule has 1 amide bonds. The molecular formula is C11H7F3N2O3S. The molecule has 1 aliphatic heterocycles. The van der Waals surface area contributed by atoms with Gasteiger partial charge < -0.3 is 10.4 Å². The standard InChI is InChI=1S/C11H7F3N2O3S/c12-11(13,14)5-3-1-2-4-6(5)15-10-16-8(17)7(20-10)9(18)19/h1-4,7H,(H,18,19)(H,15,16,17). The molecule has 1 unspecified atom stereocenters. The lowest BCUT2D eigenvalue weighted by molar-refractivity contribution is -0.139. The second-order valence-corrected chi connectivity index (χ2v) is 4.85. The van der Waals surface area contributed by atoms with Crippen molar-refractivity contribution in [2.45, 2.75) is 11.4 Å². The molecule has 1 aliphatic rings. The van der Waals surface area contributed by atoms with Gasteiger partial charge in [0.15, 0.2) is 10.4 Å². The van der Waals surface area contributed by atoms with E-state index in [9.17, 15) is 22.8 Å². The summed E-state index contributed by atoms with van der Waals surface area (Å²) in [6.45, 7) is 0. The summed E-state index contributed by atoms with van der Waals surface area (Å²) in [5.74, 6) is -2.29. The lowest BCUT2D eigenvalue weighted by atomic mass is 10.2. The molecule has 1 aromatic carbocycles. The van der Waals surface area contributed by atoms with Gasteiger partial charge in [-0.3, -0.25) is 9.59 Å². The normalized spacial score (nSPS) is 18.9. The zero-order chi connectivity index (χ0) is 14.9. The molecule has 20 heavy (non-hydrogen) atoms. The third kappa shape index (κ3) is 2.93. The van der Waals surface area contributed by atoms with Gasteiger partial charge in [0.05, 0.1) is 11.3 Å². The highest BCUT2D eigenvalue weighted by Crippen LogP contribution is 2.35. The number of hydrogen-bond acceptors (Lipinski definition) is 4. The number of aliphatic imine (C=N–C) groups is 1. The van der Waals surface area contributed by atoms with Crippen LogP contribution in [0.5, 0.6) is 0 Å². The number of carboxylic acids is 1. The Morgan fingerprint density at radius 2 is 2.00 bits per heavy atom. The van der Waals surface area contributed by atoms with Gasteiger partial charge in [-0.25, -0.2) is 0 Å². The van der Waals surface area contributed by atoms with Crippen molar-refractivity contribution in [2.75, 3.05) is 5.32 Å². The first-order valence-corrected chi connectivity index (χ1v) is 6.12. The molecule has 2 N–H and O–H groups in total. The maximum atomic E-state index is 12.8. The van der Waals surface area contributed by atoms with Crippen LogP contribution in [0.2, 0.25) is 0 Å². The minimum atomic E-state index is -4.57. The fourth-order valence-corrected chi connectivity index (χ4v) is 2.30. The van der Waals surface area contributed by atoms with Crippen LogP contribution in [0.25, 0.3) is 0 Å². The Hall–Kier alpha value is -2.03. The molecule has 0 aliphatic carbocycles. The molecule has 0 radical (unpaired) electrons. The Morgan fingerprint density at radius 1 is 1.35 bits per heavy atom. The number of carbonyl (C=O) groups excluding carboxylic acids is 1. The van der Waals surface area contributed by atoms with Crippen LogP contribution in [0, 0.1) is 0 Å². The van der Waals surface area contributed by atoms with Crippen LogP contribution in [0.1, 0.15) is 5.56 Å². The number of carbonyl (C=O) groups is 2. The molecular weight excluding hydrogens is 297 g/mol. The van der Waals surface area contributed by atoms with E-state index in [1.165, 1.54) is 18.2 Å². The summed E-state index contributed by atoms with van der Waals surface area (Å²) in [4.78, 5) is 25.4. The molecule has 0 fully saturated rings. The average Bonchev–Trinajstić information content (AvgIpc) is 2.69. The molecule has 0 saturated carbocycles. The third-order valence-electron chi connectivity index (χ3n) is 2.36. The number of nitrogens with zero attached hydrogens (tertiary/aromatic N) is 1. The first kappa shape index (κ1) is 14.4. The number of thioether (sulfide) groups is 1. The fraction of sp³-hybridized carbons (Fsp3) is 0.182. The van der Waals surface area contributed by atoms with E-state index in [2.05, 4.69) is 10.3 Å². The van der Waals surface area contributed by atoms with Crippen molar-refractivity contribution in [1.82, 2.24) is 0 Å². The number of para-hydroxylation sites is 1. The summed E-state index contributed by atoms with van der Waals surface area (Å²) in [7, 11) is 0. The molecule has 0 aromatic heterocycles. The molecule has 0 saturated heterocycles. The molecule has 1 atom stereocenters. The number of hydrogen-bond donors (Lipinski definition) is 2. The summed E-state index contributed by atoms with van der Waals surface area (Å²) in [5, 5.41) is 9.48. The van der Waals surface area contributed by atoms with E-state index < -0.39 is 28.9 Å². The molecule has 1 heterocycles. The Bertz CT molecular complexity index is 601. The smallest absolute Gasteiger partial charge is 0.418 e. The first-order chi connectivity index (χ1) is 9.29. The van der Waals surface area contributed by atoms with Crippen LogP contribution >= 0.6 is 11.8 Å². The summed E-state index contributed by atoms with van der Waals surface area (Å²) >= 11 is 0.563. The Balaban J connectivity index is 2.23. The molecule has 1 aromatic rings. The van der Waals surface area contributed by atoms with Crippen molar-refractivity contribution in [1.29, 1.82) is 0 Å². The average molecular weight is 304 g/mol. The number of anilines is 1. The highest BCUT2D eigenvalue weighted by atomic mass is 32.2. The Morgan fingerprint density at radius 3 is 2.55 bits per heavy atom. The number of amidine groups is 1. The van der Waals surface area contributed by atoms with E-state index in [-0.39, 0.29) is 10.9 Å². The van der Waals surface area contributed by atoms with Crippen molar-refractivity contribution < 1.29 is 27.9 Å². The van der Waals surface area contributed by atoms with Gasteiger partial charge in [0.1, 0.15) is 0 Å². The second-order valence-electron chi connectivity index (χ2n) is 3.76. The number of nitrogens with one attached hydrogen (secondary N) is 1. The van der Waals surface area contributed by atoms with Crippen molar-refractivity contribution in [2.24, 2.45) is 4.99 Å². The summed E-state index contributed by atoms with van der Waals surface area (Å²) in [6.07, 6.45) is -4.57. The highest BCUT2D eigenvalue weighted by molar-refractivity contribution is 8.16. The van der Waals surface area contributed by atoms with Crippen molar-refractivity contribution in [3.63, 3.8) is 0 Å². The molecule has 5 nitrogen and oxygen atoms in total. The topological polar surface area (TPSA) is 78.8 Å². The Kier molecular flexibility index (Phi) is 3.71. The van der Waals surface area contributed by atoms with Crippen LogP contribution in [0.15, 0.2) is 29.3 Å². The quantitative estimate of drug-likeness (QED) is 0.819. The first-order valence-electron chi connectivity index (χ1n) is 5.24. The minimum Gasteiger partial charge on any atom is -0.480 e. The number of rotatable bonds is 2. The monoisotopic (exact) mass is 304 g/mol. The highest BCUT2D eigenvalue weighted by Gasteiger charge is 2.37. The number of halogens is 3. The molecule has 9 heteroatoms. The predicted molar refractivity (Wildman–Crippen MR) is 66.5 cm³/mol. The van der Waals surface area contributed by atoms with E-state index >= 15 is 0 Å². The van der Waals surface area contributed by atoms with Gasteiger partial charge in [-0.1, -0.05) is 23.9 Å². The SMILES string of the molecule is O=C(O)C1SC(Nc2ccccc2C(F)(F)F)=NC1=O. The lowest BCUT2D eigenvalue weighted by Crippen LogP contribution is -2.22. The molecule has 2 rings (SSSR count). The van der Waals surface area contributed by atoms with Crippen LogP contribution in [-0.4, -0.2) is 27.4 Å². The minimum absolute atomic E-state index is 0.167. The van der Waals surface area contributed by atoms with Crippen molar-refractivity contribution in [3.05, 3.63) is 29.8 Å². The zero-order valence-corrected chi connectivity index (χ0v) is 10.5. The van der Waals surface area contributed by atoms with E-state index in [0.29, 0.717) is 11.8 Å². The summed E-state index contributed by atoms with van der Waals surface area (Å²) in [6, 6.07) is 4.65. The zero-order valence-electron chi connectivity index (χ0n) is 9.64. The van der Waals surface area contributed by atoms with E-state index in [1.54, 1.807) is 0 Å². The van der Waals surface area contributed by atoms with Crippen LogP contribution < -0.4 is 5.32 Å². The van der Waals surface area contributed by atoms with Crippen LogP contribution in [0.3, 0.4) is 0 Å². The van der Waals surface area contributed by atoms with Gasteiger partial charge in [-0.05, 0) is 12.1 Å². The maximum absolute atomic E-state index is 12.8. The second kappa shape index (κ2) is 5.16. The fourth-order valence-electron chi connectivity index (χ4n) is 1.52. The van der Waals surface area contributed by atoms with E-state index in [1.807, 2.05) is 0 Å². The largest absolute Gasteiger partial charge is 0.480 e. The van der Waals surface area contributed by atoms with Gasteiger partial charge in [0, 0.05) is 0 Å². The van der Waals surface area contributed by atoms with E-state index in [4.69, 9.17) is 5.11 Å². The molecule has 0 bridgehead atoms. The number of aliphatic carboxylic acids is 1. The van der Waals surface area contributed by atoms with Crippen LogP contribution in [0.4, 0.5) is 18.9 Å². The van der Waals surface area contributed by atoms with Crippen molar-refractivity contribution in [3.8, 4) is 0 Å². The number of benzene rings is 1.